The summed E-state index contributed by atoms with van der Waals surface area (Å²) in [6.45, 7) is 5.00. The number of carbonyl (C=O) groups excluding carboxylic acids is 3. The molecule has 1 aromatic heterocycles. The fourth-order valence-electron chi connectivity index (χ4n) is 2.19. The van der Waals surface area contributed by atoms with Crippen LogP contribution < -0.4 is 21.3 Å². The van der Waals surface area contributed by atoms with Gasteiger partial charge in [-0.25, -0.2) is 4.79 Å². The van der Waals surface area contributed by atoms with Crippen LogP contribution in [0.5, 0.6) is 0 Å². The standard InChI is InChI=1S/C19H23ClN4O4/c1-12(2)11-23-17(25)14-6-5-13(10-15(14)20)24-19(27)22-8-7-21-18(26)16-4-3-9-28-16/h3-6,9-10,12H,7-8,11H2,1-2H3,(H,21,26)(H,23,25)(H2,22,24,27). The molecular weight excluding hydrogens is 384 g/mol. The Balaban J connectivity index is 1.76. The lowest BCUT2D eigenvalue weighted by Crippen LogP contribution is -2.36. The summed E-state index contributed by atoms with van der Waals surface area (Å²) in [7, 11) is 0. The number of rotatable bonds is 8. The van der Waals surface area contributed by atoms with Crippen LogP contribution in [0.2, 0.25) is 5.02 Å². The summed E-state index contributed by atoms with van der Waals surface area (Å²) in [6.07, 6.45) is 1.41. The number of amides is 4. The van der Waals surface area contributed by atoms with Gasteiger partial charge in [0.15, 0.2) is 5.76 Å². The smallest absolute Gasteiger partial charge is 0.319 e. The second kappa shape index (κ2) is 10.4. The number of benzene rings is 1. The summed E-state index contributed by atoms with van der Waals surface area (Å²) in [4.78, 5) is 35.7. The van der Waals surface area contributed by atoms with Crippen molar-refractivity contribution in [3.05, 3.63) is 52.9 Å². The van der Waals surface area contributed by atoms with Gasteiger partial charge in [0.05, 0.1) is 16.8 Å². The van der Waals surface area contributed by atoms with E-state index in [0.717, 1.165) is 0 Å². The second-order valence-electron chi connectivity index (χ2n) is 6.41. The molecule has 4 N–H and O–H groups in total. The molecule has 1 aromatic carbocycles. The van der Waals surface area contributed by atoms with Crippen LogP contribution >= 0.6 is 11.6 Å². The van der Waals surface area contributed by atoms with Gasteiger partial charge in [0.2, 0.25) is 0 Å². The fourth-order valence-corrected chi connectivity index (χ4v) is 2.46. The van der Waals surface area contributed by atoms with Crippen molar-refractivity contribution in [3.63, 3.8) is 0 Å². The molecule has 0 aliphatic carbocycles. The Kier molecular flexibility index (Phi) is 7.88. The number of nitrogens with one attached hydrogen (secondary N) is 4. The molecular formula is C19H23ClN4O4. The number of hydrogen-bond donors (Lipinski definition) is 4. The van der Waals surface area contributed by atoms with Gasteiger partial charge in [0.25, 0.3) is 11.8 Å². The number of anilines is 1. The zero-order valence-corrected chi connectivity index (χ0v) is 16.4. The molecule has 2 aromatic rings. The average molecular weight is 407 g/mol. The van der Waals surface area contributed by atoms with E-state index in [1.807, 2.05) is 13.8 Å². The van der Waals surface area contributed by atoms with Crippen LogP contribution in [-0.4, -0.2) is 37.5 Å². The Morgan fingerprint density at radius 3 is 2.43 bits per heavy atom. The molecule has 0 unspecified atom stereocenters. The number of halogens is 1. The lowest BCUT2D eigenvalue weighted by molar-refractivity contribution is 0.0924. The van der Waals surface area contributed by atoms with Crippen LogP contribution in [0.4, 0.5) is 10.5 Å². The van der Waals surface area contributed by atoms with Gasteiger partial charge in [-0.1, -0.05) is 25.4 Å². The van der Waals surface area contributed by atoms with E-state index in [-0.39, 0.29) is 35.7 Å². The number of furan rings is 1. The average Bonchev–Trinajstić information content (AvgIpc) is 3.18. The molecule has 9 heteroatoms. The minimum Gasteiger partial charge on any atom is -0.459 e. The highest BCUT2D eigenvalue weighted by Gasteiger charge is 2.12. The van der Waals surface area contributed by atoms with Crippen molar-refractivity contribution in [2.45, 2.75) is 13.8 Å². The van der Waals surface area contributed by atoms with Gasteiger partial charge < -0.3 is 25.7 Å². The van der Waals surface area contributed by atoms with Crippen LogP contribution in [0.1, 0.15) is 34.8 Å². The Hall–Kier alpha value is -3.00. The van der Waals surface area contributed by atoms with Crippen LogP contribution in [0, 0.1) is 5.92 Å². The van der Waals surface area contributed by atoms with Crippen molar-refractivity contribution in [1.29, 1.82) is 0 Å². The summed E-state index contributed by atoms with van der Waals surface area (Å²) in [5, 5.41) is 10.9. The Morgan fingerprint density at radius 1 is 1.04 bits per heavy atom. The first-order valence-corrected chi connectivity index (χ1v) is 9.19. The van der Waals surface area contributed by atoms with Gasteiger partial charge >= 0.3 is 6.03 Å². The molecule has 0 spiro atoms. The lowest BCUT2D eigenvalue weighted by atomic mass is 10.1. The summed E-state index contributed by atoms with van der Waals surface area (Å²) >= 11 is 6.14. The van der Waals surface area contributed by atoms with Crippen molar-refractivity contribution >= 4 is 35.1 Å². The SMILES string of the molecule is CC(C)CNC(=O)c1ccc(NC(=O)NCCNC(=O)c2ccco2)cc1Cl. The summed E-state index contributed by atoms with van der Waals surface area (Å²) in [5.41, 5.74) is 0.788. The van der Waals surface area contributed by atoms with Crippen LogP contribution in [0.3, 0.4) is 0 Å². The minimum atomic E-state index is -0.458. The molecule has 0 radical (unpaired) electrons. The second-order valence-corrected chi connectivity index (χ2v) is 6.82. The Bertz CT molecular complexity index is 821. The molecule has 150 valence electrons. The molecule has 2 rings (SSSR count). The molecule has 8 nitrogen and oxygen atoms in total. The molecule has 28 heavy (non-hydrogen) atoms. The summed E-state index contributed by atoms with van der Waals surface area (Å²) in [6, 6.07) is 7.35. The third-order valence-corrected chi connectivity index (χ3v) is 3.90. The largest absolute Gasteiger partial charge is 0.459 e. The maximum Gasteiger partial charge on any atom is 0.319 e. The molecule has 0 fully saturated rings. The predicted octanol–water partition coefficient (Wildman–Crippen LogP) is 2.87. The Morgan fingerprint density at radius 2 is 1.79 bits per heavy atom. The van der Waals surface area contributed by atoms with E-state index in [1.165, 1.54) is 12.3 Å². The van der Waals surface area contributed by atoms with E-state index in [4.69, 9.17) is 16.0 Å². The first kappa shape index (κ1) is 21.3. The van der Waals surface area contributed by atoms with E-state index in [2.05, 4.69) is 21.3 Å². The van der Waals surface area contributed by atoms with Crippen LogP contribution in [0.25, 0.3) is 0 Å². The maximum absolute atomic E-state index is 12.1. The molecule has 0 saturated carbocycles. The zero-order valence-electron chi connectivity index (χ0n) is 15.7. The summed E-state index contributed by atoms with van der Waals surface area (Å²) in [5.74, 6) is -0.0832. The molecule has 0 aliphatic heterocycles. The normalized spacial score (nSPS) is 10.4. The van der Waals surface area contributed by atoms with E-state index in [9.17, 15) is 14.4 Å². The maximum atomic E-state index is 12.1. The first-order valence-electron chi connectivity index (χ1n) is 8.81. The summed E-state index contributed by atoms with van der Waals surface area (Å²) < 4.78 is 4.96. The molecule has 0 aliphatic rings. The van der Waals surface area contributed by atoms with Gasteiger partial charge in [-0.05, 0) is 36.2 Å². The quantitative estimate of drug-likeness (QED) is 0.505. The molecule has 4 amide bonds. The van der Waals surface area contributed by atoms with Gasteiger partial charge in [-0.3, -0.25) is 9.59 Å². The highest BCUT2D eigenvalue weighted by atomic mass is 35.5. The van der Waals surface area contributed by atoms with Gasteiger partial charge in [0.1, 0.15) is 0 Å². The van der Waals surface area contributed by atoms with E-state index in [1.54, 1.807) is 24.3 Å². The highest BCUT2D eigenvalue weighted by Crippen LogP contribution is 2.21. The zero-order chi connectivity index (χ0) is 20.5. The lowest BCUT2D eigenvalue weighted by Gasteiger charge is -2.11. The molecule has 0 bridgehead atoms. The van der Waals surface area contributed by atoms with Crippen LogP contribution in [-0.2, 0) is 0 Å². The van der Waals surface area contributed by atoms with E-state index in [0.29, 0.717) is 23.7 Å². The van der Waals surface area contributed by atoms with Crippen molar-refractivity contribution in [2.24, 2.45) is 5.92 Å². The van der Waals surface area contributed by atoms with Gasteiger partial charge in [0, 0.05) is 25.3 Å². The van der Waals surface area contributed by atoms with Crippen molar-refractivity contribution in [1.82, 2.24) is 16.0 Å². The predicted molar refractivity (Wildman–Crippen MR) is 107 cm³/mol. The molecule has 0 atom stereocenters. The third kappa shape index (κ3) is 6.62. The fraction of sp³-hybridized carbons (Fsp3) is 0.316. The van der Waals surface area contributed by atoms with Crippen molar-refractivity contribution in [3.8, 4) is 0 Å². The highest BCUT2D eigenvalue weighted by molar-refractivity contribution is 6.34. The van der Waals surface area contributed by atoms with E-state index < -0.39 is 6.03 Å². The Labute approximate surface area is 168 Å². The minimum absolute atomic E-state index is 0.205. The molecule has 1 heterocycles. The number of hydrogen-bond acceptors (Lipinski definition) is 4. The van der Waals surface area contributed by atoms with E-state index >= 15 is 0 Å². The first-order chi connectivity index (χ1) is 13.4. The van der Waals surface area contributed by atoms with Crippen molar-refractivity contribution < 1.29 is 18.8 Å². The van der Waals surface area contributed by atoms with Gasteiger partial charge in [-0.2, -0.15) is 0 Å². The topological polar surface area (TPSA) is 112 Å². The monoisotopic (exact) mass is 406 g/mol. The van der Waals surface area contributed by atoms with Crippen LogP contribution in [0.15, 0.2) is 41.0 Å². The third-order valence-electron chi connectivity index (χ3n) is 3.58. The van der Waals surface area contributed by atoms with Gasteiger partial charge in [-0.15, -0.1) is 0 Å². The number of urea groups is 1. The number of carbonyl (C=O) groups is 3. The molecule has 0 saturated heterocycles. The van der Waals surface area contributed by atoms with Crippen molar-refractivity contribution in [2.75, 3.05) is 25.0 Å².